The Bertz CT molecular complexity index is 373. The number of para-hydroxylation sites is 1. The second-order valence-corrected chi connectivity index (χ2v) is 7.51. The summed E-state index contributed by atoms with van der Waals surface area (Å²) in [6.07, 6.45) is 20.1. The van der Waals surface area contributed by atoms with Gasteiger partial charge in [0.2, 0.25) is 0 Å². The van der Waals surface area contributed by atoms with Crippen LogP contribution in [0.25, 0.3) is 0 Å². The summed E-state index contributed by atoms with van der Waals surface area (Å²) in [6.45, 7) is 6.88. The van der Waals surface area contributed by atoms with Gasteiger partial charge in [-0.3, -0.25) is 0 Å². The third-order valence-corrected chi connectivity index (χ3v) is 5.28. The highest BCUT2D eigenvalue weighted by molar-refractivity contribution is 5.45. The lowest BCUT2D eigenvalue weighted by molar-refractivity contribution is 0.535. The molecule has 1 aromatic carbocycles. The van der Waals surface area contributed by atoms with Gasteiger partial charge in [-0.25, -0.2) is 0 Å². The second kappa shape index (κ2) is 16.5. The molecule has 0 saturated carbocycles. The minimum atomic E-state index is 1.11. The van der Waals surface area contributed by atoms with Gasteiger partial charge in [0.25, 0.3) is 0 Å². The van der Waals surface area contributed by atoms with Gasteiger partial charge < -0.3 is 4.90 Å². The van der Waals surface area contributed by atoms with Crippen molar-refractivity contribution in [2.45, 2.75) is 104 Å². The first kappa shape index (κ1) is 22.1. The smallest absolute Gasteiger partial charge is 0.0366 e. The zero-order chi connectivity index (χ0) is 18.0. The number of hydrogen-bond acceptors (Lipinski definition) is 1. The molecule has 0 N–H and O–H groups in total. The lowest BCUT2D eigenvalue weighted by Gasteiger charge is -2.23. The zero-order valence-electron chi connectivity index (χ0n) is 17.1. The molecule has 144 valence electrons. The van der Waals surface area contributed by atoms with Crippen LogP contribution in [0.2, 0.25) is 0 Å². The first-order chi connectivity index (χ1) is 12.4. The van der Waals surface area contributed by atoms with E-state index in [9.17, 15) is 0 Å². The Kier molecular flexibility index (Phi) is 14.5. The molecule has 0 atom stereocenters. The predicted molar refractivity (Wildman–Crippen MR) is 115 cm³/mol. The van der Waals surface area contributed by atoms with Crippen LogP contribution in [-0.2, 0) is 0 Å². The van der Waals surface area contributed by atoms with E-state index in [-0.39, 0.29) is 0 Å². The molecular weight excluding hydrogens is 302 g/mol. The third-order valence-electron chi connectivity index (χ3n) is 5.28. The SMILES string of the molecule is CCCCCCCCCCCCCCCCN(CC)c1ccccc1. The van der Waals surface area contributed by atoms with Crippen LogP contribution in [0.1, 0.15) is 104 Å². The molecular formula is C24H43N. The molecule has 0 fully saturated rings. The molecule has 0 aliphatic carbocycles. The van der Waals surface area contributed by atoms with Crippen LogP contribution in [0, 0.1) is 0 Å². The molecule has 0 spiro atoms. The molecule has 1 rings (SSSR count). The van der Waals surface area contributed by atoms with Gasteiger partial charge in [0.15, 0.2) is 0 Å². The summed E-state index contributed by atoms with van der Waals surface area (Å²) in [5.41, 5.74) is 1.37. The van der Waals surface area contributed by atoms with E-state index in [1.165, 1.54) is 102 Å². The molecule has 0 radical (unpaired) electrons. The van der Waals surface area contributed by atoms with E-state index >= 15 is 0 Å². The van der Waals surface area contributed by atoms with E-state index in [2.05, 4.69) is 49.1 Å². The summed E-state index contributed by atoms with van der Waals surface area (Å²) in [5, 5.41) is 0. The van der Waals surface area contributed by atoms with Gasteiger partial charge in [-0.15, -0.1) is 0 Å². The quantitative estimate of drug-likeness (QED) is 0.258. The Morgan fingerprint density at radius 3 is 1.44 bits per heavy atom. The van der Waals surface area contributed by atoms with Gasteiger partial charge in [-0.05, 0) is 25.5 Å². The highest BCUT2D eigenvalue weighted by Crippen LogP contribution is 2.15. The van der Waals surface area contributed by atoms with E-state index < -0.39 is 0 Å². The van der Waals surface area contributed by atoms with Crippen molar-refractivity contribution in [1.82, 2.24) is 0 Å². The molecule has 0 aliphatic heterocycles. The van der Waals surface area contributed by atoms with Crippen LogP contribution in [0.15, 0.2) is 30.3 Å². The monoisotopic (exact) mass is 345 g/mol. The average molecular weight is 346 g/mol. The number of unbranched alkanes of at least 4 members (excludes halogenated alkanes) is 13. The maximum atomic E-state index is 2.50. The van der Waals surface area contributed by atoms with Crippen LogP contribution >= 0.6 is 0 Å². The molecule has 25 heavy (non-hydrogen) atoms. The van der Waals surface area contributed by atoms with Crippen LogP contribution < -0.4 is 4.90 Å². The largest absolute Gasteiger partial charge is 0.372 e. The van der Waals surface area contributed by atoms with Crippen LogP contribution in [0.5, 0.6) is 0 Å². The van der Waals surface area contributed by atoms with Crippen molar-refractivity contribution in [3.05, 3.63) is 30.3 Å². The molecule has 1 nitrogen and oxygen atoms in total. The fourth-order valence-corrected chi connectivity index (χ4v) is 3.61. The molecule has 0 saturated heterocycles. The van der Waals surface area contributed by atoms with Gasteiger partial charge in [-0.2, -0.15) is 0 Å². The van der Waals surface area contributed by atoms with Crippen molar-refractivity contribution in [3.8, 4) is 0 Å². The Labute approximate surface area is 158 Å². The number of rotatable bonds is 17. The Hall–Kier alpha value is -0.980. The van der Waals surface area contributed by atoms with E-state index in [1.54, 1.807) is 0 Å². The van der Waals surface area contributed by atoms with Gasteiger partial charge in [0.05, 0.1) is 0 Å². The fraction of sp³-hybridized carbons (Fsp3) is 0.750. The maximum absolute atomic E-state index is 2.50. The Morgan fingerprint density at radius 1 is 0.560 bits per heavy atom. The maximum Gasteiger partial charge on any atom is 0.0366 e. The van der Waals surface area contributed by atoms with Crippen molar-refractivity contribution >= 4 is 5.69 Å². The summed E-state index contributed by atoms with van der Waals surface area (Å²) in [5.74, 6) is 0. The standard InChI is InChI=1S/C24H43N/c1-3-5-6-7-8-9-10-11-12-13-14-15-16-20-23-25(4-2)24-21-18-17-19-22-24/h17-19,21-22H,3-16,20,23H2,1-2H3. The number of benzene rings is 1. The average Bonchev–Trinajstić information content (AvgIpc) is 2.66. The fourth-order valence-electron chi connectivity index (χ4n) is 3.61. The second-order valence-electron chi connectivity index (χ2n) is 7.51. The van der Waals surface area contributed by atoms with Crippen molar-refractivity contribution in [1.29, 1.82) is 0 Å². The number of nitrogens with zero attached hydrogens (tertiary/aromatic N) is 1. The summed E-state index contributed by atoms with van der Waals surface area (Å²) in [7, 11) is 0. The molecule has 1 heteroatoms. The van der Waals surface area contributed by atoms with E-state index in [0.717, 1.165) is 6.54 Å². The molecule has 0 aliphatic rings. The van der Waals surface area contributed by atoms with Gasteiger partial charge in [0.1, 0.15) is 0 Å². The van der Waals surface area contributed by atoms with Crippen LogP contribution in [0.3, 0.4) is 0 Å². The Morgan fingerprint density at radius 2 is 1.00 bits per heavy atom. The highest BCUT2D eigenvalue weighted by atomic mass is 15.1. The zero-order valence-corrected chi connectivity index (χ0v) is 17.1. The van der Waals surface area contributed by atoms with Crippen molar-refractivity contribution in [3.63, 3.8) is 0 Å². The highest BCUT2D eigenvalue weighted by Gasteiger charge is 2.02. The Balaban J connectivity index is 1.85. The topological polar surface area (TPSA) is 3.24 Å². The summed E-state index contributed by atoms with van der Waals surface area (Å²) >= 11 is 0. The molecule has 0 aromatic heterocycles. The minimum Gasteiger partial charge on any atom is -0.372 e. The van der Waals surface area contributed by atoms with E-state index in [4.69, 9.17) is 0 Å². The van der Waals surface area contributed by atoms with Crippen molar-refractivity contribution < 1.29 is 0 Å². The van der Waals surface area contributed by atoms with Gasteiger partial charge in [-0.1, -0.05) is 109 Å². The van der Waals surface area contributed by atoms with Crippen LogP contribution in [0.4, 0.5) is 5.69 Å². The lowest BCUT2D eigenvalue weighted by Crippen LogP contribution is -2.23. The van der Waals surface area contributed by atoms with Crippen molar-refractivity contribution in [2.24, 2.45) is 0 Å². The van der Waals surface area contributed by atoms with Gasteiger partial charge in [0, 0.05) is 18.8 Å². The lowest BCUT2D eigenvalue weighted by atomic mass is 10.0. The first-order valence-corrected chi connectivity index (χ1v) is 11.2. The third kappa shape index (κ3) is 12.1. The molecule has 0 heterocycles. The summed E-state index contributed by atoms with van der Waals surface area (Å²) in [6, 6.07) is 10.8. The first-order valence-electron chi connectivity index (χ1n) is 11.2. The van der Waals surface area contributed by atoms with Gasteiger partial charge >= 0.3 is 0 Å². The predicted octanol–water partition coefficient (Wildman–Crippen LogP) is 7.99. The van der Waals surface area contributed by atoms with E-state index in [1.807, 2.05) is 0 Å². The summed E-state index contributed by atoms with van der Waals surface area (Å²) < 4.78 is 0. The van der Waals surface area contributed by atoms with Crippen LogP contribution in [-0.4, -0.2) is 13.1 Å². The van der Waals surface area contributed by atoms with Crippen molar-refractivity contribution in [2.75, 3.05) is 18.0 Å². The molecule has 0 amide bonds. The number of hydrogen-bond donors (Lipinski definition) is 0. The minimum absolute atomic E-state index is 1.11. The molecule has 0 unspecified atom stereocenters. The number of anilines is 1. The summed E-state index contributed by atoms with van der Waals surface area (Å²) in [4.78, 5) is 2.50. The molecule has 1 aromatic rings. The van der Waals surface area contributed by atoms with E-state index in [0.29, 0.717) is 0 Å². The molecule has 0 bridgehead atoms. The normalized spacial score (nSPS) is 11.0.